The minimum atomic E-state index is -0.341. The molecule has 1 fully saturated rings. The molecule has 0 saturated carbocycles. The number of nitrogens with two attached hydrogens (primary N) is 1. The van der Waals surface area contributed by atoms with E-state index in [1.807, 2.05) is 18.2 Å². The van der Waals surface area contributed by atoms with Gasteiger partial charge >= 0.3 is 0 Å². The molecule has 0 spiro atoms. The largest absolute Gasteiger partial charge is 0.366 e. The monoisotopic (exact) mass is 247 g/mol. The molecule has 1 aliphatic heterocycles. The second-order valence-corrected chi connectivity index (χ2v) is 4.73. The fourth-order valence-electron chi connectivity index (χ4n) is 2.57. The second kappa shape index (κ2) is 5.98. The van der Waals surface area contributed by atoms with Crippen LogP contribution in [-0.4, -0.2) is 36.5 Å². The number of rotatable bonds is 5. The van der Waals surface area contributed by atoms with Gasteiger partial charge in [0.1, 0.15) is 0 Å². The Hall–Kier alpha value is -1.39. The third-order valence-electron chi connectivity index (χ3n) is 3.61. The number of hydrogen-bond acceptors (Lipinski definition) is 3. The Morgan fingerprint density at radius 3 is 2.89 bits per heavy atom. The molecule has 1 heterocycles. The topological polar surface area (TPSA) is 58.4 Å². The molecule has 0 bridgehead atoms. The molecule has 0 aromatic heterocycles. The van der Waals surface area contributed by atoms with Crippen LogP contribution in [0.1, 0.15) is 29.3 Å². The lowest BCUT2D eigenvalue weighted by atomic mass is 10.1. The van der Waals surface area contributed by atoms with E-state index >= 15 is 0 Å². The Kier molecular flexibility index (Phi) is 4.33. The molecular formula is C14H21N3O. The lowest BCUT2D eigenvalue weighted by molar-refractivity contribution is 0.0997. The third kappa shape index (κ3) is 2.89. The summed E-state index contributed by atoms with van der Waals surface area (Å²) in [6, 6.07) is 8.18. The summed E-state index contributed by atoms with van der Waals surface area (Å²) < 4.78 is 0. The highest BCUT2D eigenvalue weighted by Crippen LogP contribution is 2.16. The number of carbonyl (C=O) groups is 1. The minimum Gasteiger partial charge on any atom is -0.366 e. The molecule has 3 N–H and O–H groups in total. The lowest BCUT2D eigenvalue weighted by Gasteiger charge is -2.27. The summed E-state index contributed by atoms with van der Waals surface area (Å²) in [5.74, 6) is -0.341. The van der Waals surface area contributed by atoms with Crippen LogP contribution < -0.4 is 11.1 Å². The number of nitrogens with zero attached hydrogens (tertiary/aromatic N) is 1. The van der Waals surface area contributed by atoms with Crippen LogP contribution in [0.15, 0.2) is 24.3 Å². The van der Waals surface area contributed by atoms with Gasteiger partial charge in [0, 0.05) is 24.7 Å². The van der Waals surface area contributed by atoms with E-state index in [1.165, 1.54) is 6.42 Å². The molecule has 4 heteroatoms. The zero-order valence-electron chi connectivity index (χ0n) is 10.9. The second-order valence-electron chi connectivity index (χ2n) is 4.73. The number of amides is 1. The normalized spacial score (nSPS) is 19.3. The molecule has 2 rings (SSSR count). The number of nitrogens with one attached hydrogen (secondary N) is 1. The van der Waals surface area contributed by atoms with Gasteiger partial charge in [-0.15, -0.1) is 0 Å². The van der Waals surface area contributed by atoms with Crippen molar-refractivity contribution in [3.8, 4) is 0 Å². The number of primary amides is 1. The molecule has 1 unspecified atom stereocenters. The zero-order chi connectivity index (χ0) is 13.0. The number of hydrogen-bond donors (Lipinski definition) is 2. The maximum atomic E-state index is 11.4. The highest BCUT2D eigenvalue weighted by molar-refractivity contribution is 5.94. The summed E-state index contributed by atoms with van der Waals surface area (Å²) in [6.45, 7) is 6.05. The van der Waals surface area contributed by atoms with Crippen molar-refractivity contribution >= 4 is 5.91 Å². The Morgan fingerprint density at radius 1 is 1.50 bits per heavy atom. The van der Waals surface area contributed by atoms with Crippen LogP contribution in [0.25, 0.3) is 0 Å². The predicted molar refractivity (Wildman–Crippen MR) is 72.3 cm³/mol. The highest BCUT2D eigenvalue weighted by atomic mass is 16.1. The number of likely N-dealkylation sites (N-methyl/N-ethyl adjacent to an activating group) is 1. The molecule has 18 heavy (non-hydrogen) atoms. The van der Waals surface area contributed by atoms with E-state index in [1.54, 1.807) is 6.07 Å². The van der Waals surface area contributed by atoms with E-state index in [9.17, 15) is 4.79 Å². The summed E-state index contributed by atoms with van der Waals surface area (Å²) in [6.07, 6.45) is 1.17. The molecule has 1 aliphatic rings. The molecule has 4 nitrogen and oxygen atoms in total. The van der Waals surface area contributed by atoms with Crippen molar-refractivity contribution in [2.75, 3.05) is 19.6 Å². The molecule has 0 aliphatic carbocycles. The Labute approximate surface area is 108 Å². The first kappa shape index (κ1) is 13.1. The fourth-order valence-corrected chi connectivity index (χ4v) is 2.57. The van der Waals surface area contributed by atoms with E-state index in [0.717, 1.165) is 31.7 Å². The number of benzene rings is 1. The zero-order valence-corrected chi connectivity index (χ0v) is 10.9. The summed E-state index contributed by atoms with van der Waals surface area (Å²) in [4.78, 5) is 13.8. The summed E-state index contributed by atoms with van der Waals surface area (Å²) in [5, 5.41) is 3.38. The van der Waals surface area contributed by atoms with Gasteiger partial charge in [0.15, 0.2) is 0 Å². The summed E-state index contributed by atoms with van der Waals surface area (Å²) in [7, 11) is 0. The standard InChI is InChI=1S/C14H21N3O/c1-2-17(12-7-8-16-9-12)10-11-5-3-4-6-13(11)14(15)18/h3-6,12,16H,2,7-10H2,1H3,(H2,15,18). The molecule has 98 valence electrons. The van der Waals surface area contributed by atoms with E-state index < -0.39 is 0 Å². The molecule has 1 saturated heterocycles. The Balaban J connectivity index is 2.13. The maximum absolute atomic E-state index is 11.4. The average Bonchev–Trinajstić information content (AvgIpc) is 2.90. The molecule has 1 atom stereocenters. The Morgan fingerprint density at radius 2 is 2.28 bits per heavy atom. The van der Waals surface area contributed by atoms with Gasteiger partial charge in [-0.25, -0.2) is 0 Å². The quantitative estimate of drug-likeness (QED) is 0.815. The summed E-state index contributed by atoms with van der Waals surface area (Å²) >= 11 is 0. The van der Waals surface area contributed by atoms with Crippen LogP contribution >= 0.6 is 0 Å². The van der Waals surface area contributed by atoms with Crippen molar-refractivity contribution in [1.29, 1.82) is 0 Å². The van der Waals surface area contributed by atoms with Crippen LogP contribution in [0.4, 0.5) is 0 Å². The third-order valence-corrected chi connectivity index (χ3v) is 3.61. The van der Waals surface area contributed by atoms with Crippen LogP contribution in [0, 0.1) is 0 Å². The molecule has 1 aromatic carbocycles. The van der Waals surface area contributed by atoms with Crippen LogP contribution in [0.5, 0.6) is 0 Å². The first-order valence-electron chi connectivity index (χ1n) is 6.55. The SMILES string of the molecule is CCN(Cc1ccccc1C(N)=O)C1CCNC1. The van der Waals surface area contributed by atoms with Crippen molar-refractivity contribution in [3.63, 3.8) is 0 Å². The van der Waals surface area contributed by atoms with Crippen LogP contribution in [0.3, 0.4) is 0 Å². The smallest absolute Gasteiger partial charge is 0.249 e. The van der Waals surface area contributed by atoms with Crippen LogP contribution in [-0.2, 0) is 6.54 Å². The molecule has 1 amide bonds. The first-order chi connectivity index (χ1) is 8.72. The lowest BCUT2D eigenvalue weighted by Crippen LogP contribution is -2.36. The minimum absolute atomic E-state index is 0.341. The highest BCUT2D eigenvalue weighted by Gasteiger charge is 2.22. The predicted octanol–water partition coefficient (Wildman–Crippen LogP) is 0.969. The summed E-state index contributed by atoms with van der Waals surface area (Å²) in [5.41, 5.74) is 7.08. The van der Waals surface area contributed by atoms with E-state index in [4.69, 9.17) is 5.73 Å². The van der Waals surface area contributed by atoms with Gasteiger partial charge in [0.25, 0.3) is 0 Å². The van der Waals surface area contributed by atoms with Crippen molar-refractivity contribution in [2.24, 2.45) is 5.73 Å². The number of carbonyl (C=O) groups excluding carboxylic acids is 1. The van der Waals surface area contributed by atoms with Crippen LogP contribution in [0.2, 0.25) is 0 Å². The van der Waals surface area contributed by atoms with Gasteiger partial charge in [0.2, 0.25) is 5.91 Å². The first-order valence-corrected chi connectivity index (χ1v) is 6.55. The van der Waals surface area contributed by atoms with Gasteiger partial charge in [-0.2, -0.15) is 0 Å². The van der Waals surface area contributed by atoms with Crippen molar-refractivity contribution in [1.82, 2.24) is 10.2 Å². The van der Waals surface area contributed by atoms with Gasteiger partial charge in [-0.1, -0.05) is 25.1 Å². The maximum Gasteiger partial charge on any atom is 0.249 e. The Bertz CT molecular complexity index is 413. The van der Waals surface area contributed by atoms with E-state index in [-0.39, 0.29) is 5.91 Å². The van der Waals surface area contributed by atoms with Crippen molar-refractivity contribution in [2.45, 2.75) is 25.9 Å². The van der Waals surface area contributed by atoms with Gasteiger partial charge in [0.05, 0.1) is 0 Å². The van der Waals surface area contributed by atoms with Gasteiger partial charge in [-0.05, 0) is 31.1 Å². The average molecular weight is 247 g/mol. The van der Waals surface area contributed by atoms with E-state index in [0.29, 0.717) is 11.6 Å². The molecule has 0 radical (unpaired) electrons. The molecular weight excluding hydrogens is 226 g/mol. The fraction of sp³-hybridized carbons (Fsp3) is 0.500. The molecule has 1 aromatic rings. The van der Waals surface area contributed by atoms with E-state index in [2.05, 4.69) is 17.1 Å². The van der Waals surface area contributed by atoms with Crippen molar-refractivity contribution < 1.29 is 4.79 Å². The van der Waals surface area contributed by atoms with Gasteiger partial charge in [-0.3, -0.25) is 9.69 Å². The van der Waals surface area contributed by atoms with Crippen molar-refractivity contribution in [3.05, 3.63) is 35.4 Å². The van der Waals surface area contributed by atoms with Gasteiger partial charge < -0.3 is 11.1 Å².